The average molecular weight is 216 g/mol. The van der Waals surface area contributed by atoms with Crippen molar-refractivity contribution in [1.29, 1.82) is 5.26 Å². The fourth-order valence-corrected chi connectivity index (χ4v) is 2.17. The Balaban J connectivity index is 3.16. The second-order valence-electron chi connectivity index (χ2n) is 4.70. The first-order chi connectivity index (χ1) is 7.45. The number of rotatable bonds is 3. The molecule has 1 rings (SSSR count). The van der Waals surface area contributed by atoms with Crippen LogP contribution in [0.3, 0.4) is 0 Å². The highest BCUT2D eigenvalue weighted by atomic mass is 14.9. The van der Waals surface area contributed by atoms with Crippen molar-refractivity contribution in [2.24, 2.45) is 0 Å². The standard InChI is InChI=1S/C14H20N2/c1-9(2)16-13(8-15)14-11(4)6-10(3)7-12(14)5/h6-7,9,13,16H,1-5H3. The van der Waals surface area contributed by atoms with E-state index in [1.165, 1.54) is 16.7 Å². The van der Waals surface area contributed by atoms with Crippen LogP contribution in [0.1, 0.15) is 42.1 Å². The van der Waals surface area contributed by atoms with Crippen LogP contribution in [0.25, 0.3) is 0 Å². The van der Waals surface area contributed by atoms with Gasteiger partial charge in [-0.25, -0.2) is 0 Å². The average Bonchev–Trinajstić information content (AvgIpc) is 2.13. The van der Waals surface area contributed by atoms with Crippen LogP contribution in [0.15, 0.2) is 12.1 Å². The number of benzene rings is 1. The minimum atomic E-state index is -0.208. The third kappa shape index (κ3) is 2.84. The molecule has 16 heavy (non-hydrogen) atoms. The van der Waals surface area contributed by atoms with Crippen molar-refractivity contribution in [3.8, 4) is 6.07 Å². The minimum absolute atomic E-state index is 0.208. The van der Waals surface area contributed by atoms with E-state index in [0.717, 1.165) is 5.56 Å². The number of hydrogen-bond acceptors (Lipinski definition) is 2. The second kappa shape index (κ2) is 5.14. The number of nitrogens with zero attached hydrogens (tertiary/aromatic N) is 1. The van der Waals surface area contributed by atoms with Crippen LogP contribution in [0.2, 0.25) is 0 Å². The summed E-state index contributed by atoms with van der Waals surface area (Å²) in [5, 5.41) is 12.5. The summed E-state index contributed by atoms with van der Waals surface area (Å²) in [6.07, 6.45) is 0. The van der Waals surface area contributed by atoms with Gasteiger partial charge in [0.1, 0.15) is 6.04 Å². The molecule has 2 nitrogen and oxygen atoms in total. The summed E-state index contributed by atoms with van der Waals surface area (Å²) >= 11 is 0. The lowest BCUT2D eigenvalue weighted by Gasteiger charge is -2.19. The van der Waals surface area contributed by atoms with Crippen molar-refractivity contribution in [2.45, 2.75) is 46.7 Å². The lowest BCUT2D eigenvalue weighted by molar-refractivity contribution is 0.543. The van der Waals surface area contributed by atoms with E-state index < -0.39 is 0 Å². The summed E-state index contributed by atoms with van der Waals surface area (Å²) in [6.45, 7) is 10.3. The van der Waals surface area contributed by atoms with Gasteiger partial charge in [-0.2, -0.15) is 5.26 Å². The molecule has 1 aromatic carbocycles. The highest BCUT2D eigenvalue weighted by molar-refractivity contribution is 5.41. The van der Waals surface area contributed by atoms with E-state index in [-0.39, 0.29) is 6.04 Å². The Morgan fingerprint density at radius 3 is 2.00 bits per heavy atom. The summed E-state index contributed by atoms with van der Waals surface area (Å²) in [5.74, 6) is 0. The summed E-state index contributed by atoms with van der Waals surface area (Å²) in [5.41, 5.74) is 4.76. The van der Waals surface area contributed by atoms with Gasteiger partial charge in [0.2, 0.25) is 0 Å². The first-order valence-electron chi connectivity index (χ1n) is 5.69. The SMILES string of the molecule is Cc1cc(C)c(C(C#N)NC(C)C)c(C)c1. The molecule has 1 unspecified atom stereocenters. The van der Waals surface area contributed by atoms with Gasteiger partial charge >= 0.3 is 0 Å². The van der Waals surface area contributed by atoms with E-state index in [4.69, 9.17) is 0 Å². The number of nitriles is 1. The second-order valence-corrected chi connectivity index (χ2v) is 4.70. The van der Waals surface area contributed by atoms with Crippen LogP contribution < -0.4 is 5.32 Å². The van der Waals surface area contributed by atoms with Crippen molar-refractivity contribution in [2.75, 3.05) is 0 Å². The highest BCUT2D eigenvalue weighted by Gasteiger charge is 2.16. The molecule has 0 radical (unpaired) electrons. The smallest absolute Gasteiger partial charge is 0.122 e. The molecule has 2 heteroatoms. The van der Waals surface area contributed by atoms with Crippen molar-refractivity contribution in [1.82, 2.24) is 5.32 Å². The van der Waals surface area contributed by atoms with E-state index in [9.17, 15) is 5.26 Å². The van der Waals surface area contributed by atoms with Gasteiger partial charge in [-0.05, 0) is 51.3 Å². The van der Waals surface area contributed by atoms with Crippen LogP contribution in [-0.2, 0) is 0 Å². The lowest BCUT2D eigenvalue weighted by Crippen LogP contribution is -2.28. The predicted octanol–water partition coefficient (Wildman–Crippen LogP) is 3.17. The Hall–Kier alpha value is -1.33. The van der Waals surface area contributed by atoms with Crippen LogP contribution in [0, 0.1) is 32.1 Å². The van der Waals surface area contributed by atoms with Gasteiger partial charge in [-0.1, -0.05) is 17.7 Å². The summed E-state index contributed by atoms with van der Waals surface area (Å²) in [6, 6.07) is 6.71. The predicted molar refractivity (Wildman–Crippen MR) is 67.3 cm³/mol. The molecule has 0 aliphatic carbocycles. The summed E-state index contributed by atoms with van der Waals surface area (Å²) in [7, 11) is 0. The molecule has 0 saturated heterocycles. The first-order valence-corrected chi connectivity index (χ1v) is 5.69. The fourth-order valence-electron chi connectivity index (χ4n) is 2.17. The lowest BCUT2D eigenvalue weighted by atomic mass is 9.94. The maximum absolute atomic E-state index is 9.23. The molecule has 86 valence electrons. The zero-order valence-electron chi connectivity index (χ0n) is 10.8. The largest absolute Gasteiger partial charge is 0.296 e. The minimum Gasteiger partial charge on any atom is -0.296 e. The zero-order chi connectivity index (χ0) is 12.3. The Morgan fingerprint density at radius 1 is 1.12 bits per heavy atom. The molecule has 0 heterocycles. The van der Waals surface area contributed by atoms with Crippen molar-refractivity contribution >= 4 is 0 Å². The van der Waals surface area contributed by atoms with Crippen LogP contribution in [-0.4, -0.2) is 6.04 Å². The van der Waals surface area contributed by atoms with Crippen LogP contribution in [0.4, 0.5) is 0 Å². The monoisotopic (exact) mass is 216 g/mol. The molecule has 0 amide bonds. The van der Waals surface area contributed by atoms with Gasteiger partial charge in [0.25, 0.3) is 0 Å². The molecular weight excluding hydrogens is 196 g/mol. The third-order valence-corrected chi connectivity index (χ3v) is 2.66. The Morgan fingerprint density at radius 2 is 1.62 bits per heavy atom. The summed E-state index contributed by atoms with van der Waals surface area (Å²) in [4.78, 5) is 0. The molecule has 1 atom stereocenters. The highest BCUT2D eigenvalue weighted by Crippen LogP contribution is 2.23. The van der Waals surface area contributed by atoms with E-state index in [1.54, 1.807) is 0 Å². The summed E-state index contributed by atoms with van der Waals surface area (Å²) < 4.78 is 0. The molecule has 0 aromatic heterocycles. The Labute approximate surface area is 98.3 Å². The number of hydrogen-bond donors (Lipinski definition) is 1. The van der Waals surface area contributed by atoms with Crippen LogP contribution in [0.5, 0.6) is 0 Å². The Bertz CT molecular complexity index is 390. The zero-order valence-corrected chi connectivity index (χ0v) is 10.8. The van der Waals surface area contributed by atoms with Crippen molar-refractivity contribution < 1.29 is 0 Å². The van der Waals surface area contributed by atoms with Gasteiger partial charge in [0.15, 0.2) is 0 Å². The fraction of sp³-hybridized carbons (Fsp3) is 0.500. The van der Waals surface area contributed by atoms with Gasteiger partial charge in [-0.3, -0.25) is 5.32 Å². The third-order valence-electron chi connectivity index (χ3n) is 2.66. The van der Waals surface area contributed by atoms with Gasteiger partial charge in [-0.15, -0.1) is 0 Å². The maximum Gasteiger partial charge on any atom is 0.122 e. The molecule has 1 aromatic rings. The van der Waals surface area contributed by atoms with E-state index in [1.807, 2.05) is 0 Å². The molecule has 0 aliphatic heterocycles. The van der Waals surface area contributed by atoms with Gasteiger partial charge in [0.05, 0.1) is 6.07 Å². The number of aryl methyl sites for hydroxylation is 3. The van der Waals surface area contributed by atoms with E-state index >= 15 is 0 Å². The molecular formula is C14H20N2. The topological polar surface area (TPSA) is 35.8 Å². The Kier molecular flexibility index (Phi) is 4.09. The molecule has 1 N–H and O–H groups in total. The number of nitrogens with one attached hydrogen (secondary N) is 1. The molecule has 0 fully saturated rings. The van der Waals surface area contributed by atoms with E-state index in [2.05, 4.69) is 58.1 Å². The van der Waals surface area contributed by atoms with Crippen LogP contribution >= 0.6 is 0 Å². The van der Waals surface area contributed by atoms with Gasteiger partial charge < -0.3 is 0 Å². The van der Waals surface area contributed by atoms with E-state index in [0.29, 0.717) is 6.04 Å². The van der Waals surface area contributed by atoms with Crippen molar-refractivity contribution in [3.05, 3.63) is 34.4 Å². The normalized spacial score (nSPS) is 12.6. The molecule has 0 bridgehead atoms. The van der Waals surface area contributed by atoms with Crippen molar-refractivity contribution in [3.63, 3.8) is 0 Å². The molecule has 0 saturated carbocycles. The molecule has 0 spiro atoms. The molecule has 0 aliphatic rings. The quantitative estimate of drug-likeness (QED) is 0.842. The first kappa shape index (κ1) is 12.7. The van der Waals surface area contributed by atoms with Gasteiger partial charge in [0, 0.05) is 6.04 Å². The maximum atomic E-state index is 9.23.